The summed E-state index contributed by atoms with van der Waals surface area (Å²) in [6, 6.07) is 1.83. The van der Waals surface area contributed by atoms with E-state index in [2.05, 4.69) is 5.32 Å². The van der Waals surface area contributed by atoms with Gasteiger partial charge < -0.3 is 10.4 Å². The molecule has 1 aliphatic rings. The van der Waals surface area contributed by atoms with Crippen LogP contribution >= 0.6 is 0 Å². The number of hydrogen-bond donors (Lipinski definition) is 2. The fourth-order valence-corrected chi connectivity index (χ4v) is 2.12. The quantitative estimate of drug-likeness (QED) is 0.803. The molecule has 0 amide bonds. The zero-order valence-electron chi connectivity index (χ0n) is 9.47. The van der Waals surface area contributed by atoms with Gasteiger partial charge in [0.15, 0.2) is 0 Å². The summed E-state index contributed by atoms with van der Waals surface area (Å²) in [4.78, 5) is 0. The molecule has 0 unspecified atom stereocenters. The molecule has 0 spiro atoms. The molecule has 0 saturated heterocycles. The molecule has 1 aliphatic carbocycles. The molecule has 0 heterocycles. The molecule has 0 aromatic heterocycles. The van der Waals surface area contributed by atoms with Crippen molar-refractivity contribution in [1.82, 2.24) is 0 Å². The molecule has 1 aromatic carbocycles. The first-order valence-corrected chi connectivity index (χ1v) is 5.69. The summed E-state index contributed by atoms with van der Waals surface area (Å²) in [5, 5.41) is 12.2. The molecule has 18 heavy (non-hydrogen) atoms. The summed E-state index contributed by atoms with van der Waals surface area (Å²) in [6.07, 6.45) is -3.16. The summed E-state index contributed by atoms with van der Waals surface area (Å²) in [6.45, 7) is 0. The van der Waals surface area contributed by atoms with Crippen LogP contribution in [-0.2, 0) is 6.18 Å². The molecule has 2 rings (SSSR count). The lowest BCUT2D eigenvalue weighted by Gasteiger charge is -2.19. The normalized spacial score (nSPS) is 24.3. The summed E-state index contributed by atoms with van der Waals surface area (Å²) >= 11 is 0. The third-order valence-corrected chi connectivity index (χ3v) is 3.11. The average Bonchev–Trinajstić information content (AvgIpc) is 2.66. The summed E-state index contributed by atoms with van der Waals surface area (Å²) in [5.41, 5.74) is -1.12. The van der Waals surface area contributed by atoms with Crippen LogP contribution < -0.4 is 5.32 Å². The molecule has 0 radical (unpaired) electrons. The average molecular weight is 263 g/mol. The number of alkyl halides is 3. The van der Waals surface area contributed by atoms with Crippen LogP contribution in [0.2, 0.25) is 0 Å². The lowest BCUT2D eigenvalue weighted by Crippen LogP contribution is -2.28. The van der Waals surface area contributed by atoms with E-state index in [1.807, 2.05) is 0 Å². The summed E-state index contributed by atoms with van der Waals surface area (Å²) in [5.74, 6) is -0.748. The number of anilines is 1. The van der Waals surface area contributed by atoms with Gasteiger partial charge in [-0.1, -0.05) is 0 Å². The smallest absolute Gasteiger partial charge is 0.391 e. The maximum atomic E-state index is 13.4. The standard InChI is InChI=1S/C12H13F4NO/c13-8-5-4-7(12(14,15)16)6-10(8)17-9-2-1-3-11(9)18/h4-6,9,11,17-18H,1-3H2/t9-,11-/m1/s1. The van der Waals surface area contributed by atoms with Gasteiger partial charge in [-0.25, -0.2) is 4.39 Å². The number of hydrogen-bond acceptors (Lipinski definition) is 2. The maximum absolute atomic E-state index is 13.4. The van der Waals surface area contributed by atoms with E-state index >= 15 is 0 Å². The molecular weight excluding hydrogens is 250 g/mol. The number of aliphatic hydroxyl groups is 1. The molecule has 6 heteroatoms. The highest BCUT2D eigenvalue weighted by atomic mass is 19.4. The zero-order chi connectivity index (χ0) is 13.3. The van der Waals surface area contributed by atoms with Crippen molar-refractivity contribution in [3.8, 4) is 0 Å². The van der Waals surface area contributed by atoms with E-state index < -0.39 is 23.7 Å². The van der Waals surface area contributed by atoms with Gasteiger partial charge in [-0.2, -0.15) is 13.2 Å². The van der Waals surface area contributed by atoms with E-state index in [1.165, 1.54) is 0 Å². The minimum absolute atomic E-state index is 0.212. The topological polar surface area (TPSA) is 32.3 Å². The number of rotatable bonds is 2. The second kappa shape index (κ2) is 4.76. The lowest BCUT2D eigenvalue weighted by molar-refractivity contribution is -0.137. The molecule has 2 nitrogen and oxygen atoms in total. The Kier molecular flexibility index (Phi) is 3.47. The fourth-order valence-electron chi connectivity index (χ4n) is 2.12. The van der Waals surface area contributed by atoms with Crippen molar-refractivity contribution < 1.29 is 22.7 Å². The van der Waals surface area contributed by atoms with E-state index in [0.29, 0.717) is 18.9 Å². The predicted molar refractivity (Wildman–Crippen MR) is 58.7 cm³/mol. The third kappa shape index (κ3) is 2.75. The molecular formula is C12H13F4NO. The Morgan fingerprint density at radius 2 is 1.94 bits per heavy atom. The molecule has 1 saturated carbocycles. The van der Waals surface area contributed by atoms with Gasteiger partial charge in [0, 0.05) is 0 Å². The summed E-state index contributed by atoms with van der Waals surface area (Å²) in [7, 11) is 0. The van der Waals surface area contributed by atoms with Gasteiger partial charge in [0.25, 0.3) is 0 Å². The molecule has 0 bridgehead atoms. The van der Waals surface area contributed by atoms with E-state index in [-0.39, 0.29) is 11.7 Å². The molecule has 2 atom stereocenters. The van der Waals surface area contributed by atoms with Gasteiger partial charge in [-0.3, -0.25) is 0 Å². The van der Waals surface area contributed by atoms with Gasteiger partial charge in [0.1, 0.15) is 5.82 Å². The van der Waals surface area contributed by atoms with Crippen LogP contribution in [-0.4, -0.2) is 17.3 Å². The van der Waals surface area contributed by atoms with Crippen LogP contribution in [0.25, 0.3) is 0 Å². The van der Waals surface area contributed by atoms with Crippen LogP contribution in [0.15, 0.2) is 18.2 Å². The molecule has 1 aromatic rings. The van der Waals surface area contributed by atoms with Crippen LogP contribution in [0.3, 0.4) is 0 Å². The second-order valence-electron chi connectivity index (χ2n) is 4.44. The van der Waals surface area contributed by atoms with E-state index in [9.17, 15) is 22.7 Å². The second-order valence-corrected chi connectivity index (χ2v) is 4.44. The van der Waals surface area contributed by atoms with Crippen molar-refractivity contribution in [2.75, 3.05) is 5.32 Å². The lowest BCUT2D eigenvalue weighted by atomic mass is 10.1. The number of benzene rings is 1. The van der Waals surface area contributed by atoms with E-state index in [0.717, 1.165) is 18.6 Å². The molecule has 100 valence electrons. The zero-order valence-corrected chi connectivity index (χ0v) is 9.47. The van der Waals surface area contributed by atoms with Gasteiger partial charge in [-0.05, 0) is 37.5 Å². The van der Waals surface area contributed by atoms with Gasteiger partial charge in [-0.15, -0.1) is 0 Å². The highest BCUT2D eigenvalue weighted by molar-refractivity contribution is 5.49. The number of halogens is 4. The van der Waals surface area contributed by atoms with Crippen molar-refractivity contribution in [3.63, 3.8) is 0 Å². The Morgan fingerprint density at radius 3 is 2.50 bits per heavy atom. The van der Waals surface area contributed by atoms with Crippen molar-refractivity contribution in [2.24, 2.45) is 0 Å². The van der Waals surface area contributed by atoms with E-state index in [4.69, 9.17) is 0 Å². The van der Waals surface area contributed by atoms with Crippen molar-refractivity contribution >= 4 is 5.69 Å². The van der Waals surface area contributed by atoms with Gasteiger partial charge in [0.2, 0.25) is 0 Å². The van der Waals surface area contributed by atoms with Crippen LogP contribution in [0.1, 0.15) is 24.8 Å². The molecule has 1 fully saturated rings. The van der Waals surface area contributed by atoms with Crippen molar-refractivity contribution in [1.29, 1.82) is 0 Å². The Bertz CT molecular complexity index is 433. The Morgan fingerprint density at radius 1 is 1.22 bits per heavy atom. The maximum Gasteiger partial charge on any atom is 0.416 e. The highest BCUT2D eigenvalue weighted by Gasteiger charge is 2.32. The van der Waals surface area contributed by atoms with E-state index in [1.54, 1.807) is 0 Å². The fraction of sp³-hybridized carbons (Fsp3) is 0.500. The summed E-state index contributed by atoms with van der Waals surface area (Å²) < 4.78 is 50.9. The molecule has 0 aliphatic heterocycles. The number of aliphatic hydroxyl groups excluding tert-OH is 1. The molecule has 2 N–H and O–H groups in total. The first kappa shape index (κ1) is 13.1. The van der Waals surface area contributed by atoms with Crippen LogP contribution in [0.4, 0.5) is 23.2 Å². The highest BCUT2D eigenvalue weighted by Crippen LogP contribution is 2.33. The van der Waals surface area contributed by atoms with Gasteiger partial charge in [0.05, 0.1) is 23.4 Å². The predicted octanol–water partition coefficient (Wildman–Crippen LogP) is 3.17. The van der Waals surface area contributed by atoms with Crippen molar-refractivity contribution in [2.45, 2.75) is 37.6 Å². The Labute approximate surface area is 102 Å². The monoisotopic (exact) mass is 263 g/mol. The first-order chi connectivity index (χ1) is 8.38. The minimum Gasteiger partial charge on any atom is -0.391 e. The van der Waals surface area contributed by atoms with Gasteiger partial charge >= 0.3 is 6.18 Å². The third-order valence-electron chi connectivity index (χ3n) is 3.11. The van der Waals surface area contributed by atoms with Crippen LogP contribution in [0.5, 0.6) is 0 Å². The Hall–Kier alpha value is -1.30. The number of nitrogens with one attached hydrogen (secondary N) is 1. The largest absolute Gasteiger partial charge is 0.416 e. The minimum atomic E-state index is -4.50. The Balaban J connectivity index is 2.21. The SMILES string of the molecule is O[C@@H]1CCC[C@H]1Nc1cc(C(F)(F)F)ccc1F. The van der Waals surface area contributed by atoms with Crippen molar-refractivity contribution in [3.05, 3.63) is 29.6 Å². The van der Waals surface area contributed by atoms with Crippen LogP contribution in [0, 0.1) is 5.82 Å². The first-order valence-electron chi connectivity index (χ1n) is 5.69.